The van der Waals surface area contributed by atoms with Gasteiger partial charge in [0.1, 0.15) is 11.2 Å². The van der Waals surface area contributed by atoms with Gasteiger partial charge in [0.2, 0.25) is 0 Å². The zero-order chi connectivity index (χ0) is 45.3. The molecule has 10 atom stereocenters. The fourth-order valence-corrected chi connectivity index (χ4v) is 14.8. The number of ketones is 2. The summed E-state index contributed by atoms with van der Waals surface area (Å²) in [7, 11) is 8.28. The Balaban J connectivity index is 0.000000162. The second kappa shape index (κ2) is 16.7. The summed E-state index contributed by atoms with van der Waals surface area (Å²) in [5, 5.41) is 23.5. The number of fused-ring (bicyclic) bond motifs is 8. The topological polar surface area (TPSA) is 81.1 Å². The maximum Gasteiger partial charge on any atom is 0.156 e. The van der Waals surface area contributed by atoms with E-state index in [2.05, 4.69) is 124 Å². The van der Waals surface area contributed by atoms with Gasteiger partial charge in [-0.1, -0.05) is 61.1 Å². The predicted octanol–water partition coefficient (Wildman–Crippen LogP) is 10.8. The first-order valence-corrected chi connectivity index (χ1v) is 24.4. The van der Waals surface area contributed by atoms with Crippen LogP contribution in [0.5, 0.6) is 0 Å². The molecule has 0 heterocycles. The fourth-order valence-electron chi connectivity index (χ4n) is 14.8. The third-order valence-electron chi connectivity index (χ3n) is 18.1. The zero-order valence-corrected chi connectivity index (χ0v) is 39.7. The van der Waals surface area contributed by atoms with Crippen molar-refractivity contribution in [3.8, 4) is 23.7 Å². The van der Waals surface area contributed by atoms with E-state index in [1.807, 2.05) is 26.0 Å². The van der Waals surface area contributed by atoms with Gasteiger partial charge < -0.3 is 20.0 Å². The van der Waals surface area contributed by atoms with Crippen molar-refractivity contribution < 1.29 is 19.8 Å². The van der Waals surface area contributed by atoms with E-state index in [1.54, 1.807) is 11.1 Å². The largest absolute Gasteiger partial charge is 0.378 e. The van der Waals surface area contributed by atoms with Crippen LogP contribution < -0.4 is 9.80 Å². The molecule has 4 fully saturated rings. The van der Waals surface area contributed by atoms with Crippen LogP contribution in [-0.4, -0.2) is 61.2 Å². The van der Waals surface area contributed by atoms with E-state index in [0.717, 1.165) is 77.0 Å². The summed E-state index contributed by atoms with van der Waals surface area (Å²) in [6.07, 6.45) is 16.5. The molecule has 8 aliphatic rings. The van der Waals surface area contributed by atoms with Crippen molar-refractivity contribution >= 4 is 22.9 Å². The van der Waals surface area contributed by atoms with Crippen LogP contribution in [0.2, 0.25) is 0 Å². The van der Waals surface area contributed by atoms with E-state index in [4.69, 9.17) is 0 Å². The van der Waals surface area contributed by atoms with Crippen LogP contribution in [0.4, 0.5) is 11.4 Å². The minimum absolute atomic E-state index is 0.221. The summed E-state index contributed by atoms with van der Waals surface area (Å²) in [5.74, 6) is 15.5. The lowest BCUT2D eigenvalue weighted by Crippen LogP contribution is -2.51. The molecule has 0 spiro atoms. The minimum Gasteiger partial charge on any atom is -0.378 e. The van der Waals surface area contributed by atoms with Gasteiger partial charge in [-0.25, -0.2) is 0 Å². The maximum absolute atomic E-state index is 12.2. The Morgan fingerprint density at radius 2 is 0.922 bits per heavy atom. The quantitative estimate of drug-likeness (QED) is 0.298. The molecule has 6 nitrogen and oxygen atoms in total. The van der Waals surface area contributed by atoms with Crippen molar-refractivity contribution in [1.82, 2.24) is 0 Å². The fraction of sp³-hybridized carbons (Fsp3) is 0.552. The van der Waals surface area contributed by atoms with E-state index < -0.39 is 11.2 Å². The van der Waals surface area contributed by atoms with Crippen LogP contribution in [0.3, 0.4) is 0 Å². The van der Waals surface area contributed by atoms with E-state index in [1.165, 1.54) is 44.8 Å². The Bertz CT molecular complexity index is 2310. The van der Waals surface area contributed by atoms with Gasteiger partial charge in [0.25, 0.3) is 0 Å². The lowest BCUT2D eigenvalue weighted by atomic mass is 9.51. The molecule has 0 saturated heterocycles. The van der Waals surface area contributed by atoms with E-state index in [-0.39, 0.29) is 34.2 Å². The molecule has 8 aliphatic carbocycles. The molecule has 10 rings (SSSR count). The third-order valence-corrected chi connectivity index (χ3v) is 18.1. The van der Waals surface area contributed by atoms with Crippen LogP contribution in [0.25, 0.3) is 0 Å². The Morgan fingerprint density at radius 3 is 1.27 bits per heavy atom. The van der Waals surface area contributed by atoms with E-state index >= 15 is 0 Å². The normalized spacial score (nSPS) is 35.8. The summed E-state index contributed by atoms with van der Waals surface area (Å²) >= 11 is 0. The van der Waals surface area contributed by atoms with Gasteiger partial charge in [-0.2, -0.15) is 0 Å². The predicted molar refractivity (Wildman–Crippen MR) is 259 cm³/mol. The molecular weight excluding hydrogens is 789 g/mol. The Kier molecular flexibility index (Phi) is 11.6. The maximum atomic E-state index is 12.2. The molecule has 0 radical (unpaired) electrons. The van der Waals surface area contributed by atoms with Gasteiger partial charge in [0.05, 0.1) is 0 Å². The summed E-state index contributed by atoms with van der Waals surface area (Å²) in [6.45, 7) is 8.29. The van der Waals surface area contributed by atoms with Crippen molar-refractivity contribution in [2.75, 3.05) is 38.0 Å². The van der Waals surface area contributed by atoms with Crippen LogP contribution in [-0.2, 0) is 9.59 Å². The first kappa shape index (κ1) is 44.6. The summed E-state index contributed by atoms with van der Waals surface area (Å²) in [5.41, 5.74) is 11.4. The van der Waals surface area contributed by atoms with Gasteiger partial charge >= 0.3 is 0 Å². The molecule has 0 aromatic heterocycles. The Morgan fingerprint density at radius 1 is 0.547 bits per heavy atom. The first-order chi connectivity index (χ1) is 30.5. The lowest BCUT2D eigenvalue weighted by molar-refractivity contribution is -0.115. The molecule has 0 amide bonds. The average Bonchev–Trinajstić information content (AvgIpc) is 3.70. The molecule has 0 bridgehead atoms. The highest BCUT2D eigenvalue weighted by Crippen LogP contribution is 2.68. The number of benzene rings is 2. The number of aliphatic hydroxyl groups is 2. The minimum atomic E-state index is -0.914. The highest BCUT2D eigenvalue weighted by atomic mass is 16.3. The van der Waals surface area contributed by atoms with Gasteiger partial charge in [-0.05, 0) is 184 Å². The lowest BCUT2D eigenvalue weighted by Gasteiger charge is -2.53. The number of carbonyl (C=O) groups excluding carboxylic acids is 2. The second-order valence-corrected chi connectivity index (χ2v) is 21.5. The third kappa shape index (κ3) is 7.18. The molecule has 0 aliphatic heterocycles. The number of hydrogen-bond acceptors (Lipinski definition) is 6. The molecule has 2 N–H and O–H groups in total. The van der Waals surface area contributed by atoms with Crippen molar-refractivity contribution in [1.29, 1.82) is 0 Å². The molecule has 2 aromatic carbocycles. The smallest absolute Gasteiger partial charge is 0.156 e. The Labute approximate surface area is 383 Å². The van der Waals surface area contributed by atoms with Gasteiger partial charge in [-0.3, -0.25) is 9.59 Å². The van der Waals surface area contributed by atoms with E-state index in [0.29, 0.717) is 36.5 Å². The summed E-state index contributed by atoms with van der Waals surface area (Å²) in [4.78, 5) is 28.6. The number of allylic oxidation sites excluding steroid dienone is 8. The number of rotatable bonds is 4. The molecule has 0 unspecified atom stereocenters. The number of hydrogen-bond donors (Lipinski definition) is 2. The molecule has 336 valence electrons. The van der Waals surface area contributed by atoms with Crippen molar-refractivity contribution in [3.05, 3.63) is 105 Å². The molecular formula is C58H70N2O4. The SMILES string of the molecule is CC#C[C@]1(O)CC[C@H]2[C@@H]3CCC4=CC(=O)CCC4=C3[C@@H](c3ccc(N(C)C)cc3)C[C@@]21C.CC#C[C@]1(O)CC[C@H]2[C@@H]3CCC4=CC(=O)CCC4=C3[C@@H](c3ccc(N(C)C)cc3)C[C@@]21C. The van der Waals surface area contributed by atoms with Crippen molar-refractivity contribution in [2.24, 2.45) is 34.5 Å². The monoisotopic (exact) mass is 859 g/mol. The van der Waals surface area contributed by atoms with Crippen LogP contribution in [0.15, 0.2) is 94.1 Å². The van der Waals surface area contributed by atoms with Gasteiger partial charge in [-0.15, -0.1) is 11.8 Å². The van der Waals surface area contributed by atoms with Crippen molar-refractivity contribution in [2.45, 2.75) is 141 Å². The van der Waals surface area contributed by atoms with Crippen molar-refractivity contribution in [3.63, 3.8) is 0 Å². The highest BCUT2D eigenvalue weighted by molar-refractivity contribution is 5.93. The average molecular weight is 859 g/mol. The molecule has 64 heavy (non-hydrogen) atoms. The number of anilines is 2. The summed E-state index contributed by atoms with van der Waals surface area (Å²) in [6, 6.07) is 17.9. The zero-order valence-electron chi connectivity index (χ0n) is 39.7. The second-order valence-electron chi connectivity index (χ2n) is 21.5. The van der Waals surface area contributed by atoms with Crippen LogP contribution in [0.1, 0.15) is 141 Å². The van der Waals surface area contributed by atoms with Gasteiger partial charge in [0.15, 0.2) is 11.6 Å². The first-order valence-electron chi connectivity index (χ1n) is 24.4. The van der Waals surface area contributed by atoms with Crippen LogP contribution >= 0.6 is 0 Å². The van der Waals surface area contributed by atoms with Crippen LogP contribution in [0, 0.1) is 58.2 Å². The van der Waals surface area contributed by atoms with E-state index in [9.17, 15) is 19.8 Å². The summed E-state index contributed by atoms with van der Waals surface area (Å²) < 4.78 is 0. The standard InChI is InChI=1S/2C29H35NO2/c2*1-5-15-29(32)16-14-26-24-12-8-20-17-22(31)11-13-23(20)27(24)25(18-28(26,29)2)19-6-9-21(10-7-19)30(3)4/h2*6-7,9-10,17,24-26,32H,8,11-14,16,18H2,1-4H3/t2*24-,25+,26-,28-,29-/m00/s1. The molecule has 6 heteroatoms. The Hall–Kier alpha value is -4.62. The van der Waals surface area contributed by atoms with Gasteiger partial charge in [0, 0.05) is 75.1 Å². The highest BCUT2D eigenvalue weighted by Gasteiger charge is 2.64. The molecule has 2 aromatic rings. The number of carbonyl (C=O) groups is 2. The molecule has 4 saturated carbocycles. The number of nitrogens with zero attached hydrogens (tertiary/aromatic N) is 2.